The lowest BCUT2D eigenvalue weighted by Gasteiger charge is -2.35. The summed E-state index contributed by atoms with van der Waals surface area (Å²) in [5.41, 5.74) is 0.121. The molecule has 0 radical (unpaired) electrons. The van der Waals surface area contributed by atoms with E-state index >= 15 is 0 Å². The summed E-state index contributed by atoms with van der Waals surface area (Å²) in [6.45, 7) is 2.10. The SMILES string of the molecule is Cn1cnc(CCNCC2(CO)CCCCC2)n1. The van der Waals surface area contributed by atoms with Gasteiger partial charge in [0.2, 0.25) is 0 Å². The van der Waals surface area contributed by atoms with Gasteiger partial charge >= 0.3 is 0 Å². The van der Waals surface area contributed by atoms with E-state index in [4.69, 9.17) is 0 Å². The van der Waals surface area contributed by atoms with Gasteiger partial charge in [-0.1, -0.05) is 19.3 Å². The Morgan fingerprint density at radius 1 is 1.39 bits per heavy atom. The lowest BCUT2D eigenvalue weighted by atomic mass is 9.74. The lowest BCUT2D eigenvalue weighted by Crippen LogP contribution is -2.39. The minimum Gasteiger partial charge on any atom is -0.396 e. The van der Waals surface area contributed by atoms with E-state index in [2.05, 4.69) is 15.4 Å². The molecule has 0 amide bonds. The van der Waals surface area contributed by atoms with Crippen molar-refractivity contribution < 1.29 is 5.11 Å². The van der Waals surface area contributed by atoms with E-state index in [0.717, 1.165) is 38.2 Å². The van der Waals surface area contributed by atoms with Crippen LogP contribution in [0, 0.1) is 5.41 Å². The third-order valence-corrected chi connectivity index (χ3v) is 3.92. The van der Waals surface area contributed by atoms with Crippen molar-refractivity contribution in [1.29, 1.82) is 0 Å². The van der Waals surface area contributed by atoms with Gasteiger partial charge < -0.3 is 10.4 Å². The number of rotatable bonds is 6. The van der Waals surface area contributed by atoms with Gasteiger partial charge in [-0.2, -0.15) is 5.10 Å². The molecule has 0 aromatic carbocycles. The van der Waals surface area contributed by atoms with Crippen molar-refractivity contribution >= 4 is 0 Å². The Hall–Kier alpha value is -0.940. The first kappa shape index (κ1) is 13.5. The zero-order chi connectivity index (χ0) is 12.8. The standard InChI is InChI=1S/C13H24N4O/c1-17-11-15-12(16-17)5-8-14-9-13(10-18)6-3-2-4-7-13/h11,14,18H,2-10H2,1H3. The number of nitrogens with zero attached hydrogens (tertiary/aromatic N) is 3. The summed E-state index contributed by atoms with van der Waals surface area (Å²) < 4.78 is 1.73. The molecule has 0 bridgehead atoms. The van der Waals surface area contributed by atoms with E-state index in [1.165, 1.54) is 19.3 Å². The number of hydrogen-bond acceptors (Lipinski definition) is 4. The second-order valence-electron chi connectivity index (χ2n) is 5.48. The average Bonchev–Trinajstić information content (AvgIpc) is 2.82. The molecule has 5 nitrogen and oxygen atoms in total. The van der Waals surface area contributed by atoms with Crippen LogP contribution in [0.15, 0.2) is 6.33 Å². The van der Waals surface area contributed by atoms with E-state index in [9.17, 15) is 5.11 Å². The second kappa shape index (κ2) is 6.29. The summed E-state index contributed by atoms with van der Waals surface area (Å²) in [6, 6.07) is 0. The molecule has 0 unspecified atom stereocenters. The zero-order valence-corrected chi connectivity index (χ0v) is 11.2. The maximum absolute atomic E-state index is 9.59. The van der Waals surface area contributed by atoms with E-state index in [0.29, 0.717) is 6.61 Å². The van der Waals surface area contributed by atoms with Crippen molar-refractivity contribution in [3.63, 3.8) is 0 Å². The molecule has 1 fully saturated rings. The fraction of sp³-hybridized carbons (Fsp3) is 0.846. The topological polar surface area (TPSA) is 63.0 Å². The minimum atomic E-state index is 0.121. The van der Waals surface area contributed by atoms with Crippen molar-refractivity contribution in [1.82, 2.24) is 20.1 Å². The first-order valence-corrected chi connectivity index (χ1v) is 6.90. The molecule has 5 heteroatoms. The molecule has 1 saturated carbocycles. The largest absolute Gasteiger partial charge is 0.396 e. The Morgan fingerprint density at radius 2 is 2.17 bits per heavy atom. The van der Waals surface area contributed by atoms with Crippen LogP contribution in [0.5, 0.6) is 0 Å². The molecule has 0 saturated heterocycles. The number of aliphatic hydroxyl groups is 1. The first-order valence-electron chi connectivity index (χ1n) is 6.90. The van der Waals surface area contributed by atoms with Crippen molar-refractivity contribution in [3.8, 4) is 0 Å². The van der Waals surface area contributed by atoms with E-state index in [1.54, 1.807) is 11.0 Å². The summed E-state index contributed by atoms with van der Waals surface area (Å²) in [5, 5.41) is 17.3. The highest BCUT2D eigenvalue weighted by Gasteiger charge is 2.30. The quantitative estimate of drug-likeness (QED) is 0.738. The van der Waals surface area contributed by atoms with E-state index in [-0.39, 0.29) is 5.41 Å². The van der Waals surface area contributed by atoms with Gasteiger partial charge in [0.15, 0.2) is 5.82 Å². The van der Waals surface area contributed by atoms with Crippen LogP contribution in [0.2, 0.25) is 0 Å². The number of aryl methyl sites for hydroxylation is 1. The van der Waals surface area contributed by atoms with E-state index in [1.807, 2.05) is 7.05 Å². The second-order valence-corrected chi connectivity index (χ2v) is 5.48. The Balaban J connectivity index is 1.70. The number of hydrogen-bond donors (Lipinski definition) is 2. The Morgan fingerprint density at radius 3 is 2.78 bits per heavy atom. The normalized spacial score (nSPS) is 19.0. The Labute approximate surface area is 109 Å². The molecule has 1 aliphatic carbocycles. The smallest absolute Gasteiger partial charge is 0.151 e. The van der Waals surface area contributed by atoms with Gasteiger partial charge in [0.05, 0.1) is 0 Å². The highest BCUT2D eigenvalue weighted by atomic mass is 16.3. The number of nitrogens with one attached hydrogen (secondary N) is 1. The Bertz CT molecular complexity index is 358. The Kier molecular flexibility index (Phi) is 4.72. The van der Waals surface area contributed by atoms with Gasteiger partial charge in [-0.05, 0) is 12.8 Å². The van der Waals surface area contributed by atoms with Crippen LogP contribution in [0.1, 0.15) is 37.9 Å². The highest BCUT2D eigenvalue weighted by molar-refractivity contribution is 4.86. The van der Waals surface area contributed by atoms with Crippen molar-refractivity contribution in [2.75, 3.05) is 19.7 Å². The third kappa shape index (κ3) is 3.53. The van der Waals surface area contributed by atoms with Gasteiger partial charge in [0.1, 0.15) is 6.33 Å². The predicted molar refractivity (Wildman–Crippen MR) is 70.2 cm³/mol. The fourth-order valence-corrected chi connectivity index (χ4v) is 2.74. The number of aliphatic hydroxyl groups excluding tert-OH is 1. The van der Waals surface area contributed by atoms with Gasteiger partial charge in [-0.25, -0.2) is 4.98 Å². The molecule has 0 spiro atoms. The van der Waals surface area contributed by atoms with Crippen LogP contribution >= 0.6 is 0 Å². The summed E-state index contributed by atoms with van der Waals surface area (Å²) in [7, 11) is 1.88. The first-order chi connectivity index (χ1) is 8.74. The molecule has 0 aliphatic heterocycles. The molecule has 18 heavy (non-hydrogen) atoms. The maximum atomic E-state index is 9.59. The third-order valence-electron chi connectivity index (χ3n) is 3.92. The summed E-state index contributed by atoms with van der Waals surface area (Å²) in [5.74, 6) is 0.881. The molecule has 0 atom stereocenters. The molecule has 1 heterocycles. The molecular weight excluding hydrogens is 228 g/mol. The molecule has 1 aliphatic rings. The van der Waals surface area contributed by atoms with Crippen LogP contribution in [-0.2, 0) is 13.5 Å². The lowest BCUT2D eigenvalue weighted by molar-refractivity contribution is 0.0816. The maximum Gasteiger partial charge on any atom is 0.151 e. The summed E-state index contributed by atoms with van der Waals surface area (Å²) >= 11 is 0. The molecule has 1 aromatic rings. The fourth-order valence-electron chi connectivity index (χ4n) is 2.74. The van der Waals surface area contributed by atoms with Gasteiger partial charge in [0.25, 0.3) is 0 Å². The van der Waals surface area contributed by atoms with Crippen molar-refractivity contribution in [3.05, 3.63) is 12.2 Å². The molecule has 1 aromatic heterocycles. The predicted octanol–water partition coefficient (Wildman–Crippen LogP) is 0.890. The molecular formula is C13H24N4O. The average molecular weight is 252 g/mol. The van der Waals surface area contributed by atoms with Crippen LogP contribution in [0.25, 0.3) is 0 Å². The monoisotopic (exact) mass is 252 g/mol. The van der Waals surface area contributed by atoms with Gasteiger partial charge in [0, 0.05) is 38.6 Å². The molecule has 102 valence electrons. The van der Waals surface area contributed by atoms with Crippen LogP contribution in [-0.4, -0.2) is 39.6 Å². The molecule has 2 rings (SSSR count). The van der Waals surface area contributed by atoms with E-state index < -0.39 is 0 Å². The van der Waals surface area contributed by atoms with Gasteiger partial charge in [-0.3, -0.25) is 4.68 Å². The van der Waals surface area contributed by atoms with Crippen LogP contribution in [0.4, 0.5) is 0 Å². The highest BCUT2D eigenvalue weighted by Crippen LogP contribution is 2.35. The zero-order valence-electron chi connectivity index (χ0n) is 11.2. The number of aromatic nitrogens is 3. The van der Waals surface area contributed by atoms with Gasteiger partial charge in [-0.15, -0.1) is 0 Å². The van der Waals surface area contributed by atoms with Crippen LogP contribution in [0.3, 0.4) is 0 Å². The summed E-state index contributed by atoms with van der Waals surface area (Å²) in [4.78, 5) is 4.20. The minimum absolute atomic E-state index is 0.121. The van der Waals surface area contributed by atoms with Crippen LogP contribution < -0.4 is 5.32 Å². The van der Waals surface area contributed by atoms with Crippen molar-refractivity contribution in [2.45, 2.75) is 38.5 Å². The summed E-state index contributed by atoms with van der Waals surface area (Å²) in [6.07, 6.45) is 8.71. The van der Waals surface area contributed by atoms with Crippen molar-refractivity contribution in [2.24, 2.45) is 12.5 Å². The molecule has 2 N–H and O–H groups in total.